The lowest BCUT2D eigenvalue weighted by Crippen LogP contribution is -2.24. The van der Waals surface area contributed by atoms with Gasteiger partial charge in [0, 0.05) is 18.9 Å². The highest BCUT2D eigenvalue weighted by molar-refractivity contribution is 5.76. The zero-order valence-electron chi connectivity index (χ0n) is 14.3. The summed E-state index contributed by atoms with van der Waals surface area (Å²) in [6.07, 6.45) is 8.00. The predicted octanol–water partition coefficient (Wildman–Crippen LogP) is 5.00. The summed E-state index contributed by atoms with van der Waals surface area (Å²) in [4.78, 5) is 11.6. The first-order valence-corrected chi connectivity index (χ1v) is 8.92. The Hall–Kier alpha value is -2.35. The van der Waals surface area contributed by atoms with E-state index in [0.29, 0.717) is 12.3 Å². The van der Waals surface area contributed by atoms with Crippen LogP contribution >= 0.6 is 0 Å². The van der Waals surface area contributed by atoms with Crippen LogP contribution in [0.1, 0.15) is 60.8 Å². The standard InChI is InChI=1S/C22H25NO/c1-2-8-22(24)23-16-7-13-21-19-11-5-3-9-17(19)14-15-18-10-4-6-12-20(18)21/h3-6,9-12,14-15,21H,2,7-8,13,16H2,1H3,(H,23,24). The van der Waals surface area contributed by atoms with Gasteiger partial charge in [0.25, 0.3) is 0 Å². The van der Waals surface area contributed by atoms with E-state index < -0.39 is 0 Å². The maximum absolute atomic E-state index is 11.6. The SMILES string of the molecule is CCCC(=O)NCCCC1c2ccccc2C=Cc2ccccc21. The topological polar surface area (TPSA) is 29.1 Å². The zero-order valence-corrected chi connectivity index (χ0v) is 14.3. The molecule has 0 aromatic heterocycles. The molecule has 1 N–H and O–H groups in total. The second-order valence-electron chi connectivity index (χ2n) is 6.39. The van der Waals surface area contributed by atoms with Gasteiger partial charge in [-0.1, -0.05) is 67.6 Å². The van der Waals surface area contributed by atoms with Crippen LogP contribution in [0.15, 0.2) is 48.5 Å². The van der Waals surface area contributed by atoms with Gasteiger partial charge in [-0.25, -0.2) is 0 Å². The third kappa shape index (κ3) is 3.76. The van der Waals surface area contributed by atoms with Crippen LogP contribution in [0.2, 0.25) is 0 Å². The molecule has 3 rings (SSSR count). The highest BCUT2D eigenvalue weighted by Gasteiger charge is 2.20. The van der Waals surface area contributed by atoms with Crippen molar-refractivity contribution < 1.29 is 4.79 Å². The highest BCUT2D eigenvalue weighted by Crippen LogP contribution is 2.37. The number of hydrogen-bond donors (Lipinski definition) is 1. The zero-order chi connectivity index (χ0) is 16.8. The average molecular weight is 319 g/mol. The fourth-order valence-electron chi connectivity index (χ4n) is 3.47. The van der Waals surface area contributed by atoms with Crippen molar-refractivity contribution in [3.8, 4) is 0 Å². The normalized spacial score (nSPS) is 13.0. The summed E-state index contributed by atoms with van der Waals surface area (Å²) in [6, 6.07) is 17.3. The van der Waals surface area contributed by atoms with E-state index in [-0.39, 0.29) is 5.91 Å². The summed E-state index contributed by atoms with van der Waals surface area (Å²) in [6.45, 7) is 2.79. The number of fused-ring (bicyclic) bond motifs is 2. The van der Waals surface area contributed by atoms with Crippen molar-refractivity contribution in [2.24, 2.45) is 0 Å². The minimum atomic E-state index is 0.167. The molecule has 24 heavy (non-hydrogen) atoms. The Morgan fingerprint density at radius 2 is 1.54 bits per heavy atom. The van der Waals surface area contributed by atoms with Gasteiger partial charge in [-0.2, -0.15) is 0 Å². The minimum Gasteiger partial charge on any atom is -0.356 e. The van der Waals surface area contributed by atoms with Crippen LogP contribution < -0.4 is 5.32 Å². The number of benzene rings is 2. The molecular weight excluding hydrogens is 294 g/mol. The van der Waals surface area contributed by atoms with Crippen LogP contribution in [0.4, 0.5) is 0 Å². The van der Waals surface area contributed by atoms with E-state index >= 15 is 0 Å². The van der Waals surface area contributed by atoms with Crippen molar-refractivity contribution in [2.75, 3.05) is 6.54 Å². The molecule has 0 radical (unpaired) electrons. The molecule has 1 amide bonds. The Labute approximate surface area is 144 Å². The molecule has 2 nitrogen and oxygen atoms in total. The Balaban J connectivity index is 1.76. The summed E-state index contributed by atoms with van der Waals surface area (Å²) in [5, 5.41) is 3.03. The van der Waals surface area contributed by atoms with Crippen LogP contribution in [0.3, 0.4) is 0 Å². The third-order valence-electron chi connectivity index (χ3n) is 4.65. The predicted molar refractivity (Wildman–Crippen MR) is 101 cm³/mol. The first-order valence-electron chi connectivity index (χ1n) is 8.92. The molecule has 0 saturated carbocycles. The van der Waals surface area contributed by atoms with Crippen LogP contribution in [-0.4, -0.2) is 12.5 Å². The first-order chi connectivity index (χ1) is 11.8. The summed E-state index contributed by atoms with van der Waals surface area (Å²) >= 11 is 0. The van der Waals surface area contributed by atoms with Crippen molar-refractivity contribution in [3.05, 3.63) is 70.8 Å². The first kappa shape index (κ1) is 16.5. The largest absolute Gasteiger partial charge is 0.356 e. The average Bonchev–Trinajstić information content (AvgIpc) is 2.76. The van der Waals surface area contributed by atoms with Gasteiger partial charge in [0.05, 0.1) is 0 Å². The van der Waals surface area contributed by atoms with Crippen LogP contribution in [0.25, 0.3) is 12.2 Å². The summed E-state index contributed by atoms with van der Waals surface area (Å²) in [5.41, 5.74) is 5.37. The number of carbonyl (C=O) groups excluding carboxylic acids is 1. The molecule has 0 atom stereocenters. The molecule has 2 heteroatoms. The van der Waals surface area contributed by atoms with Gasteiger partial charge in [0.1, 0.15) is 0 Å². The van der Waals surface area contributed by atoms with E-state index in [9.17, 15) is 4.79 Å². The molecule has 124 valence electrons. The third-order valence-corrected chi connectivity index (χ3v) is 4.65. The summed E-state index contributed by atoms with van der Waals surface area (Å²) < 4.78 is 0. The van der Waals surface area contributed by atoms with Gasteiger partial charge in [-0.3, -0.25) is 4.79 Å². The van der Waals surface area contributed by atoms with E-state index in [1.54, 1.807) is 0 Å². The number of carbonyl (C=O) groups is 1. The monoisotopic (exact) mass is 319 g/mol. The van der Waals surface area contributed by atoms with Crippen LogP contribution in [0, 0.1) is 0 Å². The van der Waals surface area contributed by atoms with Crippen molar-refractivity contribution >= 4 is 18.1 Å². The Kier molecular flexibility index (Phi) is 5.47. The minimum absolute atomic E-state index is 0.167. The maximum Gasteiger partial charge on any atom is 0.219 e. The number of nitrogens with one attached hydrogen (secondary N) is 1. The van der Waals surface area contributed by atoms with Crippen molar-refractivity contribution in [3.63, 3.8) is 0 Å². The molecule has 0 aliphatic heterocycles. The van der Waals surface area contributed by atoms with E-state index in [2.05, 4.69) is 66.0 Å². The number of amides is 1. The Morgan fingerprint density at radius 3 is 2.12 bits per heavy atom. The Bertz CT molecular complexity index is 683. The molecule has 1 aliphatic carbocycles. The van der Waals surface area contributed by atoms with Crippen molar-refractivity contribution in [1.82, 2.24) is 5.32 Å². The van der Waals surface area contributed by atoms with Gasteiger partial charge in [-0.05, 0) is 41.5 Å². The molecule has 0 fully saturated rings. The molecule has 0 spiro atoms. The van der Waals surface area contributed by atoms with Crippen LogP contribution in [-0.2, 0) is 4.79 Å². The lowest BCUT2D eigenvalue weighted by molar-refractivity contribution is -0.121. The molecule has 2 aromatic carbocycles. The molecule has 1 aliphatic rings. The fourth-order valence-corrected chi connectivity index (χ4v) is 3.47. The number of rotatable bonds is 6. The quantitative estimate of drug-likeness (QED) is 0.746. The van der Waals surface area contributed by atoms with E-state index in [1.807, 2.05) is 6.92 Å². The second-order valence-corrected chi connectivity index (χ2v) is 6.39. The summed E-state index contributed by atoms with van der Waals surface area (Å²) in [5.74, 6) is 0.552. The molecule has 0 unspecified atom stereocenters. The number of hydrogen-bond acceptors (Lipinski definition) is 1. The van der Waals surface area contributed by atoms with Crippen LogP contribution in [0.5, 0.6) is 0 Å². The van der Waals surface area contributed by atoms with E-state index in [1.165, 1.54) is 22.3 Å². The van der Waals surface area contributed by atoms with E-state index in [0.717, 1.165) is 25.8 Å². The molecule has 2 aromatic rings. The maximum atomic E-state index is 11.6. The van der Waals surface area contributed by atoms with Gasteiger partial charge < -0.3 is 5.32 Å². The van der Waals surface area contributed by atoms with Gasteiger partial charge in [0.15, 0.2) is 0 Å². The molecule has 0 saturated heterocycles. The van der Waals surface area contributed by atoms with Crippen molar-refractivity contribution in [1.29, 1.82) is 0 Å². The van der Waals surface area contributed by atoms with E-state index in [4.69, 9.17) is 0 Å². The van der Waals surface area contributed by atoms with Gasteiger partial charge in [0.2, 0.25) is 5.91 Å². The Morgan fingerprint density at radius 1 is 0.958 bits per heavy atom. The summed E-state index contributed by atoms with van der Waals surface area (Å²) in [7, 11) is 0. The highest BCUT2D eigenvalue weighted by atomic mass is 16.1. The lowest BCUT2D eigenvalue weighted by atomic mass is 9.84. The molecule has 0 heterocycles. The lowest BCUT2D eigenvalue weighted by Gasteiger charge is -2.20. The van der Waals surface area contributed by atoms with Crippen molar-refractivity contribution in [2.45, 2.75) is 38.5 Å². The smallest absolute Gasteiger partial charge is 0.219 e. The molecular formula is C22H25NO. The van der Waals surface area contributed by atoms with Gasteiger partial charge in [-0.15, -0.1) is 0 Å². The molecule has 0 bridgehead atoms. The fraction of sp³-hybridized carbons (Fsp3) is 0.318. The van der Waals surface area contributed by atoms with Gasteiger partial charge >= 0.3 is 0 Å². The second kappa shape index (κ2) is 7.96.